The normalized spacial score (nSPS) is 17.5. The summed E-state index contributed by atoms with van der Waals surface area (Å²) in [5.74, 6) is 0.427. The van der Waals surface area contributed by atoms with Gasteiger partial charge in [-0.3, -0.25) is 9.48 Å². The van der Waals surface area contributed by atoms with Crippen LogP contribution in [0.1, 0.15) is 34.9 Å². The Kier molecular flexibility index (Phi) is 5.37. The van der Waals surface area contributed by atoms with Crippen LogP contribution >= 0.6 is 11.6 Å². The second kappa shape index (κ2) is 7.68. The standard InChI is InChI=1S/C17H21ClN4O2/c1-24-16-5-4-12(9-14(16)18)10-20-17(23)15-6-8-22(21-15)13-3-2-7-19-11-13/h4-6,8-9,13,19H,2-3,7,10-11H2,1H3,(H,20,23). The fourth-order valence-corrected chi connectivity index (χ4v) is 3.09. The highest BCUT2D eigenvalue weighted by atomic mass is 35.5. The number of nitrogens with zero attached hydrogens (tertiary/aromatic N) is 2. The second-order valence-electron chi connectivity index (χ2n) is 5.83. The van der Waals surface area contributed by atoms with E-state index in [1.165, 1.54) is 0 Å². The molecule has 0 aliphatic carbocycles. The summed E-state index contributed by atoms with van der Waals surface area (Å²) in [5, 5.41) is 11.2. The molecule has 0 bridgehead atoms. The molecule has 2 aromatic rings. The minimum absolute atomic E-state index is 0.190. The van der Waals surface area contributed by atoms with E-state index in [1.807, 2.05) is 16.9 Å². The first-order valence-electron chi connectivity index (χ1n) is 8.04. The van der Waals surface area contributed by atoms with Crippen molar-refractivity contribution < 1.29 is 9.53 Å². The van der Waals surface area contributed by atoms with Crippen LogP contribution in [0.4, 0.5) is 0 Å². The first kappa shape index (κ1) is 16.8. The highest BCUT2D eigenvalue weighted by molar-refractivity contribution is 6.32. The number of ether oxygens (including phenoxy) is 1. The van der Waals surface area contributed by atoms with Crippen LogP contribution in [0.2, 0.25) is 5.02 Å². The number of aromatic nitrogens is 2. The predicted molar refractivity (Wildman–Crippen MR) is 92.5 cm³/mol. The summed E-state index contributed by atoms with van der Waals surface area (Å²) in [6, 6.07) is 7.52. The average Bonchev–Trinajstić information content (AvgIpc) is 3.11. The van der Waals surface area contributed by atoms with E-state index in [1.54, 1.807) is 25.3 Å². The molecule has 2 N–H and O–H groups in total. The molecule has 1 aromatic heterocycles. The number of rotatable bonds is 5. The highest BCUT2D eigenvalue weighted by Crippen LogP contribution is 2.24. The maximum absolute atomic E-state index is 12.3. The maximum atomic E-state index is 12.3. The van der Waals surface area contributed by atoms with Crippen molar-refractivity contribution in [2.75, 3.05) is 20.2 Å². The number of hydrogen-bond acceptors (Lipinski definition) is 4. The van der Waals surface area contributed by atoms with Crippen LogP contribution < -0.4 is 15.4 Å². The monoisotopic (exact) mass is 348 g/mol. The number of nitrogens with one attached hydrogen (secondary N) is 2. The minimum Gasteiger partial charge on any atom is -0.495 e. The van der Waals surface area contributed by atoms with Gasteiger partial charge >= 0.3 is 0 Å². The van der Waals surface area contributed by atoms with Gasteiger partial charge < -0.3 is 15.4 Å². The Bertz CT molecular complexity index is 710. The molecule has 1 unspecified atom stereocenters. The second-order valence-corrected chi connectivity index (χ2v) is 6.24. The minimum atomic E-state index is -0.190. The first-order chi connectivity index (χ1) is 11.7. The van der Waals surface area contributed by atoms with Crippen LogP contribution in [-0.4, -0.2) is 35.9 Å². The Morgan fingerprint density at radius 3 is 3.08 bits per heavy atom. The van der Waals surface area contributed by atoms with Gasteiger partial charge in [0.1, 0.15) is 11.4 Å². The van der Waals surface area contributed by atoms with E-state index >= 15 is 0 Å². The van der Waals surface area contributed by atoms with E-state index in [4.69, 9.17) is 16.3 Å². The molecule has 3 rings (SSSR count). The van der Waals surface area contributed by atoms with Crippen LogP contribution in [0.3, 0.4) is 0 Å². The lowest BCUT2D eigenvalue weighted by Crippen LogP contribution is -2.32. The van der Waals surface area contributed by atoms with Gasteiger partial charge in [-0.15, -0.1) is 0 Å². The van der Waals surface area contributed by atoms with Crippen molar-refractivity contribution in [3.8, 4) is 5.75 Å². The van der Waals surface area contributed by atoms with E-state index in [9.17, 15) is 4.79 Å². The summed E-state index contributed by atoms with van der Waals surface area (Å²) in [6.45, 7) is 2.34. The summed E-state index contributed by atoms with van der Waals surface area (Å²) in [5.41, 5.74) is 1.34. The lowest BCUT2D eigenvalue weighted by Gasteiger charge is -2.22. The van der Waals surface area contributed by atoms with E-state index in [-0.39, 0.29) is 5.91 Å². The Morgan fingerprint density at radius 1 is 1.50 bits per heavy atom. The van der Waals surface area contributed by atoms with Gasteiger partial charge in [-0.1, -0.05) is 17.7 Å². The molecule has 0 radical (unpaired) electrons. The lowest BCUT2D eigenvalue weighted by molar-refractivity contribution is 0.0944. The number of amides is 1. The number of carbonyl (C=O) groups excluding carboxylic acids is 1. The van der Waals surface area contributed by atoms with Crippen LogP contribution in [-0.2, 0) is 6.54 Å². The van der Waals surface area contributed by atoms with Crippen LogP contribution in [0.25, 0.3) is 0 Å². The topological polar surface area (TPSA) is 68.2 Å². The van der Waals surface area contributed by atoms with Gasteiger partial charge in [0, 0.05) is 19.3 Å². The van der Waals surface area contributed by atoms with Crippen LogP contribution in [0, 0.1) is 0 Å². The molecular formula is C17H21ClN4O2. The Labute approximate surface area is 146 Å². The van der Waals surface area contributed by atoms with Crippen molar-refractivity contribution in [2.45, 2.75) is 25.4 Å². The van der Waals surface area contributed by atoms with Gasteiger partial charge in [-0.25, -0.2) is 0 Å². The zero-order chi connectivity index (χ0) is 16.9. The smallest absolute Gasteiger partial charge is 0.272 e. The zero-order valence-electron chi connectivity index (χ0n) is 13.6. The third-order valence-electron chi connectivity index (χ3n) is 4.16. The van der Waals surface area contributed by atoms with E-state index in [0.29, 0.717) is 29.1 Å². The lowest BCUT2D eigenvalue weighted by atomic mass is 10.1. The molecular weight excluding hydrogens is 328 g/mol. The fourth-order valence-electron chi connectivity index (χ4n) is 2.81. The molecule has 0 saturated carbocycles. The molecule has 24 heavy (non-hydrogen) atoms. The van der Waals surface area contributed by atoms with Gasteiger partial charge in [0.25, 0.3) is 5.91 Å². The van der Waals surface area contributed by atoms with Gasteiger partial charge in [-0.2, -0.15) is 5.10 Å². The van der Waals surface area contributed by atoms with E-state index in [0.717, 1.165) is 31.5 Å². The molecule has 1 aliphatic heterocycles. The van der Waals surface area contributed by atoms with Crippen molar-refractivity contribution in [2.24, 2.45) is 0 Å². The molecule has 1 aromatic carbocycles. The van der Waals surface area contributed by atoms with Gasteiger partial charge in [-0.05, 0) is 43.1 Å². The SMILES string of the molecule is COc1ccc(CNC(=O)c2ccn(C3CCCNC3)n2)cc1Cl. The molecule has 1 aliphatic rings. The Morgan fingerprint density at radius 2 is 2.38 bits per heavy atom. The molecule has 6 nitrogen and oxygen atoms in total. The highest BCUT2D eigenvalue weighted by Gasteiger charge is 2.17. The van der Waals surface area contributed by atoms with E-state index in [2.05, 4.69) is 15.7 Å². The summed E-state index contributed by atoms with van der Waals surface area (Å²) >= 11 is 6.09. The summed E-state index contributed by atoms with van der Waals surface area (Å²) < 4.78 is 7.00. The van der Waals surface area contributed by atoms with Crippen LogP contribution in [0.15, 0.2) is 30.5 Å². The molecule has 0 spiro atoms. The maximum Gasteiger partial charge on any atom is 0.272 e. The quantitative estimate of drug-likeness (QED) is 0.870. The number of piperidine rings is 1. The van der Waals surface area contributed by atoms with Gasteiger partial charge in [0.2, 0.25) is 0 Å². The number of halogens is 1. The largest absolute Gasteiger partial charge is 0.495 e. The predicted octanol–water partition coefficient (Wildman–Crippen LogP) is 2.40. The zero-order valence-corrected chi connectivity index (χ0v) is 14.3. The van der Waals surface area contributed by atoms with Crippen molar-refractivity contribution in [3.05, 3.63) is 46.7 Å². The third-order valence-corrected chi connectivity index (χ3v) is 4.45. The summed E-state index contributed by atoms with van der Waals surface area (Å²) in [6.07, 6.45) is 4.08. The average molecular weight is 349 g/mol. The molecule has 1 atom stereocenters. The summed E-state index contributed by atoms with van der Waals surface area (Å²) in [4.78, 5) is 12.3. The Hall–Kier alpha value is -2.05. The fraction of sp³-hybridized carbons (Fsp3) is 0.412. The molecule has 7 heteroatoms. The number of carbonyl (C=O) groups is 1. The molecule has 128 valence electrons. The summed E-state index contributed by atoms with van der Waals surface area (Å²) in [7, 11) is 1.57. The molecule has 2 heterocycles. The number of benzene rings is 1. The van der Waals surface area contributed by atoms with Crippen molar-refractivity contribution in [3.63, 3.8) is 0 Å². The third kappa shape index (κ3) is 3.88. The van der Waals surface area contributed by atoms with Gasteiger partial charge in [0.05, 0.1) is 18.2 Å². The molecule has 1 fully saturated rings. The van der Waals surface area contributed by atoms with Gasteiger partial charge in [0.15, 0.2) is 0 Å². The van der Waals surface area contributed by atoms with Crippen molar-refractivity contribution in [1.29, 1.82) is 0 Å². The molecule has 1 saturated heterocycles. The van der Waals surface area contributed by atoms with Crippen LogP contribution in [0.5, 0.6) is 5.75 Å². The first-order valence-corrected chi connectivity index (χ1v) is 8.41. The van der Waals surface area contributed by atoms with E-state index < -0.39 is 0 Å². The van der Waals surface area contributed by atoms with Crippen molar-refractivity contribution in [1.82, 2.24) is 20.4 Å². The molecule has 1 amide bonds. The van der Waals surface area contributed by atoms with Crippen molar-refractivity contribution >= 4 is 17.5 Å². The number of hydrogen-bond donors (Lipinski definition) is 2. The number of methoxy groups -OCH3 is 1. The Balaban J connectivity index is 1.59.